The smallest absolute Gasteiger partial charge is 0.306 e. The van der Waals surface area contributed by atoms with E-state index < -0.39 is 0 Å². The molecule has 0 aromatic heterocycles. The highest BCUT2D eigenvalue weighted by Crippen LogP contribution is 2.18. The number of hydrogen-bond donors (Lipinski definition) is 1. The van der Waals surface area contributed by atoms with Crippen LogP contribution in [0.4, 0.5) is 0 Å². The molecular formula is C42H83NO5. The second kappa shape index (κ2) is 38.7. The fourth-order valence-electron chi connectivity index (χ4n) is 6.52. The Hall–Kier alpha value is -1.14. The van der Waals surface area contributed by atoms with Crippen molar-refractivity contribution in [2.45, 2.75) is 226 Å². The third-order valence-electron chi connectivity index (χ3n) is 9.70. The van der Waals surface area contributed by atoms with Crippen molar-refractivity contribution in [1.29, 1.82) is 0 Å². The first kappa shape index (κ1) is 46.9. The molecule has 0 saturated carbocycles. The van der Waals surface area contributed by atoms with Gasteiger partial charge in [0.2, 0.25) is 0 Å². The predicted octanol–water partition coefficient (Wildman–Crippen LogP) is 11.9. The quantitative estimate of drug-likeness (QED) is 0.0514. The van der Waals surface area contributed by atoms with Crippen LogP contribution in [0.15, 0.2) is 0 Å². The van der Waals surface area contributed by atoms with E-state index in [4.69, 9.17) is 9.47 Å². The SMILES string of the molecule is CCCCCCCCCOC(=O)CCCCCN(CCO)CCCCCCCC(=O)OC(CCCCCCCC)CCCCCCCC. The van der Waals surface area contributed by atoms with Crippen molar-refractivity contribution in [3.05, 3.63) is 0 Å². The molecule has 0 fully saturated rings. The summed E-state index contributed by atoms with van der Waals surface area (Å²) < 4.78 is 11.4. The lowest BCUT2D eigenvalue weighted by Crippen LogP contribution is -2.29. The molecule has 0 atom stereocenters. The van der Waals surface area contributed by atoms with Crippen LogP contribution in [0.1, 0.15) is 220 Å². The number of aliphatic hydroxyl groups excluding tert-OH is 1. The fourth-order valence-corrected chi connectivity index (χ4v) is 6.52. The predicted molar refractivity (Wildman–Crippen MR) is 205 cm³/mol. The van der Waals surface area contributed by atoms with Crippen LogP contribution in [0.25, 0.3) is 0 Å². The van der Waals surface area contributed by atoms with E-state index in [-0.39, 0.29) is 24.6 Å². The van der Waals surface area contributed by atoms with E-state index in [2.05, 4.69) is 25.7 Å². The molecule has 0 bridgehead atoms. The van der Waals surface area contributed by atoms with Gasteiger partial charge in [-0.15, -0.1) is 0 Å². The Morgan fingerprint density at radius 1 is 0.479 bits per heavy atom. The minimum Gasteiger partial charge on any atom is -0.466 e. The molecule has 0 heterocycles. The zero-order chi connectivity index (χ0) is 35.2. The van der Waals surface area contributed by atoms with Gasteiger partial charge in [-0.05, 0) is 70.9 Å². The lowest BCUT2D eigenvalue weighted by molar-refractivity contribution is -0.150. The number of hydrogen-bond acceptors (Lipinski definition) is 6. The number of carbonyl (C=O) groups is 2. The molecule has 0 unspecified atom stereocenters. The van der Waals surface area contributed by atoms with Gasteiger partial charge in [0.05, 0.1) is 13.2 Å². The molecule has 6 nitrogen and oxygen atoms in total. The van der Waals surface area contributed by atoms with Gasteiger partial charge in [-0.3, -0.25) is 9.59 Å². The molecule has 0 amide bonds. The van der Waals surface area contributed by atoms with E-state index in [0.717, 1.165) is 90.1 Å². The molecule has 0 radical (unpaired) electrons. The summed E-state index contributed by atoms with van der Waals surface area (Å²) in [5.41, 5.74) is 0. The average Bonchev–Trinajstić information content (AvgIpc) is 3.08. The van der Waals surface area contributed by atoms with Gasteiger partial charge in [-0.2, -0.15) is 0 Å². The molecule has 1 N–H and O–H groups in total. The molecule has 48 heavy (non-hydrogen) atoms. The van der Waals surface area contributed by atoms with Gasteiger partial charge in [0.25, 0.3) is 0 Å². The molecule has 0 spiro atoms. The Kier molecular flexibility index (Phi) is 37.7. The number of unbranched alkanes of at least 4 members (excludes halogenated alkanes) is 22. The first-order valence-electron chi connectivity index (χ1n) is 21.3. The normalized spacial score (nSPS) is 11.5. The number of rotatable bonds is 39. The van der Waals surface area contributed by atoms with Crippen molar-refractivity contribution in [2.75, 3.05) is 32.8 Å². The Morgan fingerprint density at radius 3 is 1.38 bits per heavy atom. The van der Waals surface area contributed by atoms with Gasteiger partial charge in [0, 0.05) is 19.4 Å². The lowest BCUT2D eigenvalue weighted by atomic mass is 10.0. The highest BCUT2D eigenvalue weighted by Gasteiger charge is 2.14. The van der Waals surface area contributed by atoms with Gasteiger partial charge in [-0.25, -0.2) is 0 Å². The molecule has 0 aromatic carbocycles. The number of nitrogens with zero attached hydrogens (tertiary/aromatic N) is 1. The Bertz CT molecular complexity index is 656. The van der Waals surface area contributed by atoms with Crippen LogP contribution < -0.4 is 0 Å². The van der Waals surface area contributed by atoms with E-state index in [0.29, 0.717) is 26.0 Å². The van der Waals surface area contributed by atoms with Crippen molar-refractivity contribution in [1.82, 2.24) is 4.90 Å². The van der Waals surface area contributed by atoms with E-state index in [9.17, 15) is 14.7 Å². The van der Waals surface area contributed by atoms with E-state index in [1.165, 1.54) is 109 Å². The van der Waals surface area contributed by atoms with Crippen LogP contribution >= 0.6 is 0 Å². The van der Waals surface area contributed by atoms with Crippen molar-refractivity contribution >= 4 is 11.9 Å². The summed E-state index contributed by atoms with van der Waals surface area (Å²) in [4.78, 5) is 27.0. The molecule has 0 aliphatic carbocycles. The van der Waals surface area contributed by atoms with Crippen LogP contribution in [0.3, 0.4) is 0 Å². The largest absolute Gasteiger partial charge is 0.466 e. The third kappa shape index (κ3) is 34.7. The highest BCUT2D eigenvalue weighted by atomic mass is 16.5. The lowest BCUT2D eigenvalue weighted by Gasteiger charge is -2.21. The second-order valence-electron chi connectivity index (χ2n) is 14.5. The zero-order valence-electron chi connectivity index (χ0n) is 32.6. The monoisotopic (exact) mass is 682 g/mol. The second-order valence-corrected chi connectivity index (χ2v) is 14.5. The highest BCUT2D eigenvalue weighted by molar-refractivity contribution is 5.69. The maximum absolute atomic E-state index is 12.7. The van der Waals surface area contributed by atoms with Gasteiger partial charge < -0.3 is 19.5 Å². The summed E-state index contributed by atoms with van der Waals surface area (Å²) in [5, 5.41) is 9.51. The molecule has 0 saturated heterocycles. The molecule has 0 rings (SSSR count). The Morgan fingerprint density at radius 2 is 0.875 bits per heavy atom. The van der Waals surface area contributed by atoms with E-state index in [1.54, 1.807) is 0 Å². The van der Waals surface area contributed by atoms with Crippen molar-refractivity contribution < 1.29 is 24.2 Å². The average molecular weight is 682 g/mol. The molecular weight excluding hydrogens is 598 g/mol. The number of carbonyl (C=O) groups excluding carboxylic acids is 2. The summed E-state index contributed by atoms with van der Waals surface area (Å²) in [7, 11) is 0. The first-order chi connectivity index (χ1) is 23.6. The topological polar surface area (TPSA) is 76.1 Å². The van der Waals surface area contributed by atoms with Gasteiger partial charge in [-0.1, -0.05) is 149 Å². The van der Waals surface area contributed by atoms with Crippen LogP contribution in [0.5, 0.6) is 0 Å². The summed E-state index contributed by atoms with van der Waals surface area (Å²) in [6.07, 6.45) is 35.6. The van der Waals surface area contributed by atoms with Crippen LogP contribution in [0.2, 0.25) is 0 Å². The molecule has 0 aliphatic heterocycles. The third-order valence-corrected chi connectivity index (χ3v) is 9.70. The first-order valence-corrected chi connectivity index (χ1v) is 21.3. The molecule has 0 aliphatic rings. The van der Waals surface area contributed by atoms with Gasteiger partial charge in [0.1, 0.15) is 6.10 Å². The van der Waals surface area contributed by atoms with Crippen molar-refractivity contribution in [2.24, 2.45) is 0 Å². The maximum Gasteiger partial charge on any atom is 0.306 e. The molecule has 286 valence electrons. The van der Waals surface area contributed by atoms with Crippen molar-refractivity contribution in [3.8, 4) is 0 Å². The van der Waals surface area contributed by atoms with Crippen molar-refractivity contribution in [3.63, 3.8) is 0 Å². The minimum absolute atomic E-state index is 0.00696. The summed E-state index contributed by atoms with van der Waals surface area (Å²) in [6, 6.07) is 0. The number of esters is 2. The van der Waals surface area contributed by atoms with Gasteiger partial charge >= 0.3 is 11.9 Å². The van der Waals surface area contributed by atoms with Gasteiger partial charge in [0.15, 0.2) is 0 Å². The number of ether oxygens (including phenoxy) is 2. The Balaban J connectivity index is 3.99. The molecule has 6 heteroatoms. The summed E-state index contributed by atoms with van der Waals surface area (Å²) >= 11 is 0. The standard InChI is InChI=1S/C42H83NO5/c1-4-7-10-13-16-22-30-39-47-41(45)33-27-23-29-36-43(37-38-44)35-28-21-17-20-26-34-42(46)48-40(31-24-18-14-11-8-5-2)32-25-19-15-12-9-6-3/h40,44H,4-39H2,1-3H3. The zero-order valence-corrected chi connectivity index (χ0v) is 32.6. The van der Waals surface area contributed by atoms with E-state index >= 15 is 0 Å². The Labute approximate surface area is 299 Å². The summed E-state index contributed by atoms with van der Waals surface area (Å²) in [5.74, 6) is -0.0462. The molecule has 0 aromatic rings. The van der Waals surface area contributed by atoms with Crippen LogP contribution in [-0.2, 0) is 19.1 Å². The maximum atomic E-state index is 12.7. The van der Waals surface area contributed by atoms with Crippen LogP contribution in [0, 0.1) is 0 Å². The number of aliphatic hydroxyl groups is 1. The van der Waals surface area contributed by atoms with E-state index in [1.807, 2.05) is 0 Å². The summed E-state index contributed by atoms with van der Waals surface area (Å²) in [6.45, 7) is 10.2. The van der Waals surface area contributed by atoms with Crippen LogP contribution in [-0.4, -0.2) is 60.9 Å². The minimum atomic E-state index is -0.0531. The fraction of sp³-hybridized carbons (Fsp3) is 0.952.